The molecule has 0 atom stereocenters. The van der Waals surface area contributed by atoms with Crippen LogP contribution in [0.3, 0.4) is 0 Å². The molecule has 3 amide bonds. The summed E-state index contributed by atoms with van der Waals surface area (Å²) in [5.41, 5.74) is -1.84. The predicted octanol–water partition coefficient (Wildman–Crippen LogP) is 4.30. The zero-order valence-corrected chi connectivity index (χ0v) is 17.2. The normalized spacial score (nSPS) is 15.2. The Kier molecular flexibility index (Phi) is 7.46. The quantitative estimate of drug-likeness (QED) is 0.650. The Morgan fingerprint density at radius 2 is 1.64 bits per heavy atom. The minimum absolute atomic E-state index is 0.0980. The van der Waals surface area contributed by atoms with Crippen LogP contribution in [0.25, 0.3) is 0 Å². The smallest absolute Gasteiger partial charge is 0.323 e. The van der Waals surface area contributed by atoms with E-state index in [2.05, 4.69) is 10.6 Å². The average molecular weight is 474 g/mol. The Bertz CT molecular complexity index is 1030. The van der Waals surface area contributed by atoms with Crippen LogP contribution in [0.2, 0.25) is 0 Å². The Balaban J connectivity index is 1.54. The zero-order chi connectivity index (χ0) is 24.2. The van der Waals surface area contributed by atoms with Crippen LogP contribution in [0.1, 0.15) is 12.0 Å². The van der Waals surface area contributed by atoms with Crippen molar-refractivity contribution in [2.45, 2.75) is 12.6 Å². The maximum atomic E-state index is 13.7. The van der Waals surface area contributed by atoms with Gasteiger partial charge in [0, 0.05) is 37.9 Å². The van der Waals surface area contributed by atoms with Gasteiger partial charge >= 0.3 is 12.2 Å². The summed E-state index contributed by atoms with van der Waals surface area (Å²) in [6, 6.07) is 4.30. The number of hydrogen-bond acceptors (Lipinski definition) is 3. The Morgan fingerprint density at radius 3 is 2.33 bits per heavy atom. The molecule has 1 fully saturated rings. The number of amides is 3. The first-order chi connectivity index (χ1) is 15.5. The van der Waals surface area contributed by atoms with Crippen LogP contribution in [0.5, 0.6) is 0 Å². The molecule has 0 aromatic heterocycles. The summed E-state index contributed by atoms with van der Waals surface area (Å²) in [5, 5.41) is 4.68. The second kappa shape index (κ2) is 10.1. The second-order valence-corrected chi connectivity index (χ2v) is 7.41. The van der Waals surface area contributed by atoms with Crippen molar-refractivity contribution in [2.75, 3.05) is 43.4 Å². The van der Waals surface area contributed by atoms with E-state index in [9.17, 15) is 35.9 Å². The van der Waals surface area contributed by atoms with Crippen molar-refractivity contribution in [2.24, 2.45) is 0 Å². The van der Waals surface area contributed by atoms with Crippen molar-refractivity contribution in [3.63, 3.8) is 0 Å². The minimum Gasteiger partial charge on any atom is -0.323 e. The molecule has 0 unspecified atom stereocenters. The number of alkyl halides is 3. The molecular formula is C21H20F6N4O2. The highest BCUT2D eigenvalue weighted by Gasteiger charge is 2.34. The van der Waals surface area contributed by atoms with Crippen molar-refractivity contribution in [3.05, 3.63) is 59.4 Å². The fourth-order valence-corrected chi connectivity index (χ4v) is 3.34. The van der Waals surface area contributed by atoms with Gasteiger partial charge in [0.05, 0.1) is 17.8 Å². The lowest BCUT2D eigenvalue weighted by Crippen LogP contribution is -2.39. The number of benzene rings is 2. The fraction of sp³-hybridized carbons (Fsp3) is 0.333. The van der Waals surface area contributed by atoms with Crippen LogP contribution < -0.4 is 10.6 Å². The molecule has 0 bridgehead atoms. The molecule has 3 rings (SSSR count). The summed E-state index contributed by atoms with van der Waals surface area (Å²) in [5.74, 6) is -3.64. The van der Waals surface area contributed by atoms with E-state index in [1.54, 1.807) is 4.90 Å². The largest absolute Gasteiger partial charge is 0.419 e. The lowest BCUT2D eigenvalue weighted by Gasteiger charge is -2.22. The molecule has 1 aliphatic rings. The van der Waals surface area contributed by atoms with Crippen molar-refractivity contribution in [1.29, 1.82) is 0 Å². The van der Waals surface area contributed by atoms with Crippen molar-refractivity contribution in [3.8, 4) is 0 Å². The molecule has 33 heavy (non-hydrogen) atoms. The number of urea groups is 1. The Morgan fingerprint density at radius 1 is 0.879 bits per heavy atom. The van der Waals surface area contributed by atoms with E-state index in [1.165, 1.54) is 4.90 Å². The van der Waals surface area contributed by atoms with Crippen molar-refractivity contribution < 1.29 is 35.9 Å². The van der Waals surface area contributed by atoms with Gasteiger partial charge in [0.2, 0.25) is 5.91 Å². The highest BCUT2D eigenvalue weighted by molar-refractivity contribution is 5.92. The van der Waals surface area contributed by atoms with E-state index in [0.717, 1.165) is 18.2 Å². The molecule has 0 radical (unpaired) electrons. The molecule has 0 aliphatic carbocycles. The van der Waals surface area contributed by atoms with Gasteiger partial charge in [-0.15, -0.1) is 0 Å². The predicted molar refractivity (Wildman–Crippen MR) is 108 cm³/mol. The monoisotopic (exact) mass is 474 g/mol. The summed E-state index contributed by atoms with van der Waals surface area (Å²) in [4.78, 5) is 27.8. The maximum Gasteiger partial charge on any atom is 0.419 e. The molecule has 1 heterocycles. The standard InChI is InChI=1S/C21H20F6N4O2/c22-13-2-5-18(17(24)10-13)29-19(32)12-30-6-1-7-31(9-8-30)20(33)28-14-3-4-16(23)15(11-14)21(25,26)27/h2-5,10-11H,1,6-9,12H2,(H,28,33)(H,29,32). The van der Waals surface area contributed by atoms with Gasteiger partial charge in [-0.2, -0.15) is 13.2 Å². The van der Waals surface area contributed by atoms with Crippen LogP contribution in [-0.2, 0) is 11.0 Å². The topological polar surface area (TPSA) is 64.7 Å². The average Bonchev–Trinajstić information content (AvgIpc) is 2.96. The van der Waals surface area contributed by atoms with Crippen LogP contribution in [0.15, 0.2) is 36.4 Å². The van der Waals surface area contributed by atoms with Crippen LogP contribution in [-0.4, -0.2) is 54.5 Å². The van der Waals surface area contributed by atoms with Gasteiger partial charge in [0.1, 0.15) is 17.5 Å². The fourth-order valence-electron chi connectivity index (χ4n) is 3.34. The van der Waals surface area contributed by atoms with Gasteiger partial charge in [-0.25, -0.2) is 18.0 Å². The number of rotatable bonds is 4. The van der Waals surface area contributed by atoms with E-state index in [0.29, 0.717) is 31.2 Å². The molecular weight excluding hydrogens is 454 g/mol. The van der Waals surface area contributed by atoms with Gasteiger partial charge in [0.15, 0.2) is 0 Å². The molecule has 1 aliphatic heterocycles. The zero-order valence-electron chi connectivity index (χ0n) is 17.2. The first kappa shape index (κ1) is 24.4. The summed E-state index contributed by atoms with van der Waals surface area (Å²) in [6.45, 7) is 1.09. The number of anilines is 2. The molecule has 6 nitrogen and oxygen atoms in total. The van der Waals surface area contributed by atoms with E-state index in [1.807, 2.05) is 0 Å². The van der Waals surface area contributed by atoms with Crippen molar-refractivity contribution in [1.82, 2.24) is 9.80 Å². The molecule has 1 saturated heterocycles. The van der Waals surface area contributed by atoms with Crippen LogP contribution in [0.4, 0.5) is 42.5 Å². The first-order valence-electron chi connectivity index (χ1n) is 9.93. The van der Waals surface area contributed by atoms with Gasteiger partial charge in [0.25, 0.3) is 0 Å². The number of nitrogens with one attached hydrogen (secondary N) is 2. The second-order valence-electron chi connectivity index (χ2n) is 7.41. The SMILES string of the molecule is O=C(CN1CCCN(C(=O)Nc2ccc(F)c(C(F)(F)F)c2)CC1)Nc1ccc(F)cc1F. The molecule has 0 spiro atoms. The number of carbonyl (C=O) groups excluding carboxylic acids is 2. The number of nitrogens with zero attached hydrogens (tertiary/aromatic N) is 2. The molecule has 12 heteroatoms. The van der Waals surface area contributed by atoms with E-state index < -0.39 is 41.1 Å². The summed E-state index contributed by atoms with van der Waals surface area (Å²) in [7, 11) is 0. The molecule has 0 saturated carbocycles. The van der Waals surface area contributed by atoms with Crippen LogP contribution >= 0.6 is 0 Å². The summed E-state index contributed by atoms with van der Waals surface area (Å²) < 4.78 is 78.6. The molecule has 2 aromatic rings. The van der Waals surface area contributed by atoms with Gasteiger partial charge in [-0.05, 0) is 36.8 Å². The lowest BCUT2D eigenvalue weighted by atomic mass is 10.2. The third kappa shape index (κ3) is 6.60. The van der Waals surface area contributed by atoms with E-state index >= 15 is 0 Å². The highest BCUT2D eigenvalue weighted by Crippen LogP contribution is 2.33. The third-order valence-corrected chi connectivity index (χ3v) is 4.97. The Hall–Kier alpha value is -3.28. The number of hydrogen-bond donors (Lipinski definition) is 2. The van der Waals surface area contributed by atoms with E-state index in [4.69, 9.17) is 0 Å². The van der Waals surface area contributed by atoms with Gasteiger partial charge < -0.3 is 15.5 Å². The van der Waals surface area contributed by atoms with Crippen molar-refractivity contribution >= 4 is 23.3 Å². The minimum atomic E-state index is -4.90. The molecule has 178 valence electrons. The summed E-state index contributed by atoms with van der Waals surface area (Å²) in [6.07, 6.45) is -4.42. The molecule has 2 aromatic carbocycles. The Labute approximate surface area is 185 Å². The first-order valence-corrected chi connectivity index (χ1v) is 9.93. The lowest BCUT2D eigenvalue weighted by molar-refractivity contribution is -0.140. The number of carbonyl (C=O) groups is 2. The number of halogens is 6. The van der Waals surface area contributed by atoms with Gasteiger partial charge in [-0.1, -0.05) is 0 Å². The van der Waals surface area contributed by atoms with Crippen LogP contribution in [0, 0.1) is 17.5 Å². The third-order valence-electron chi connectivity index (χ3n) is 4.97. The maximum absolute atomic E-state index is 13.7. The van der Waals surface area contributed by atoms with E-state index in [-0.39, 0.29) is 37.6 Å². The summed E-state index contributed by atoms with van der Waals surface area (Å²) >= 11 is 0. The van der Waals surface area contributed by atoms with Gasteiger partial charge in [-0.3, -0.25) is 9.69 Å². The highest BCUT2D eigenvalue weighted by atomic mass is 19.4. The molecule has 2 N–H and O–H groups in total.